The quantitative estimate of drug-likeness (QED) is 0.350. The van der Waals surface area contributed by atoms with Gasteiger partial charge in [-0.3, -0.25) is 4.99 Å². The molecule has 0 atom stereocenters. The number of benzene rings is 1. The van der Waals surface area contributed by atoms with E-state index in [9.17, 15) is 8.42 Å². The lowest BCUT2D eigenvalue weighted by Crippen LogP contribution is -2.40. The van der Waals surface area contributed by atoms with Crippen LogP contribution in [-0.2, 0) is 15.4 Å². The van der Waals surface area contributed by atoms with Crippen molar-refractivity contribution in [3.05, 3.63) is 34.9 Å². The standard InChI is InChI=1S/C19H31ClN4O2S/c1-4-21-18(22-12-7-13-24(5-2)27(3,25)26)23-15-19(10-11-19)16-8-6-9-17(20)14-16/h6,8-9,14H,4-5,7,10-13,15H2,1-3H3,(H2,21,22,23). The molecule has 152 valence electrons. The summed E-state index contributed by atoms with van der Waals surface area (Å²) in [6.45, 7) is 7.05. The SMILES string of the molecule is CCNC(=NCC1(c2cccc(Cl)c2)CC1)NCCCN(CC)S(C)(=O)=O. The zero-order chi connectivity index (χ0) is 19.9. The van der Waals surface area contributed by atoms with E-state index in [4.69, 9.17) is 16.6 Å². The first kappa shape index (κ1) is 22.0. The molecule has 0 heterocycles. The van der Waals surface area contributed by atoms with Crippen LogP contribution in [0.25, 0.3) is 0 Å². The maximum absolute atomic E-state index is 11.6. The summed E-state index contributed by atoms with van der Waals surface area (Å²) in [6, 6.07) is 8.05. The van der Waals surface area contributed by atoms with Crippen molar-refractivity contribution in [3.8, 4) is 0 Å². The molecule has 0 amide bonds. The van der Waals surface area contributed by atoms with Crippen molar-refractivity contribution in [1.82, 2.24) is 14.9 Å². The Morgan fingerprint density at radius 3 is 2.59 bits per heavy atom. The predicted octanol–water partition coefficient (Wildman–Crippen LogP) is 2.60. The van der Waals surface area contributed by atoms with E-state index >= 15 is 0 Å². The summed E-state index contributed by atoms with van der Waals surface area (Å²) in [4.78, 5) is 4.76. The van der Waals surface area contributed by atoms with Crippen LogP contribution in [0.15, 0.2) is 29.3 Å². The van der Waals surface area contributed by atoms with Crippen LogP contribution in [0.3, 0.4) is 0 Å². The van der Waals surface area contributed by atoms with E-state index in [1.165, 1.54) is 16.1 Å². The summed E-state index contributed by atoms with van der Waals surface area (Å²) >= 11 is 6.14. The second-order valence-electron chi connectivity index (χ2n) is 7.02. The molecule has 0 unspecified atom stereocenters. The molecule has 0 aliphatic heterocycles. The zero-order valence-electron chi connectivity index (χ0n) is 16.5. The molecular formula is C19H31ClN4O2S. The van der Waals surface area contributed by atoms with Crippen molar-refractivity contribution >= 4 is 27.6 Å². The lowest BCUT2D eigenvalue weighted by Gasteiger charge is -2.19. The molecule has 0 radical (unpaired) electrons. The van der Waals surface area contributed by atoms with E-state index in [0.717, 1.165) is 36.8 Å². The number of hydrogen-bond donors (Lipinski definition) is 2. The molecule has 27 heavy (non-hydrogen) atoms. The number of nitrogens with one attached hydrogen (secondary N) is 2. The van der Waals surface area contributed by atoms with Gasteiger partial charge in [-0.25, -0.2) is 12.7 Å². The summed E-state index contributed by atoms with van der Waals surface area (Å²) in [6.07, 6.45) is 4.22. The van der Waals surface area contributed by atoms with Crippen molar-refractivity contribution in [1.29, 1.82) is 0 Å². The van der Waals surface area contributed by atoms with Gasteiger partial charge in [-0.15, -0.1) is 0 Å². The fourth-order valence-electron chi connectivity index (χ4n) is 3.10. The summed E-state index contributed by atoms with van der Waals surface area (Å²) in [5.41, 5.74) is 1.35. The molecule has 2 rings (SSSR count). The average Bonchev–Trinajstić information content (AvgIpc) is 3.39. The normalized spacial score (nSPS) is 16.4. The predicted molar refractivity (Wildman–Crippen MR) is 113 cm³/mol. The highest BCUT2D eigenvalue weighted by atomic mass is 35.5. The van der Waals surface area contributed by atoms with Gasteiger partial charge < -0.3 is 10.6 Å². The first-order chi connectivity index (χ1) is 12.8. The lowest BCUT2D eigenvalue weighted by molar-refractivity contribution is 0.424. The van der Waals surface area contributed by atoms with Gasteiger partial charge in [-0.05, 0) is 43.9 Å². The van der Waals surface area contributed by atoms with Gasteiger partial charge in [0.1, 0.15) is 0 Å². The number of halogens is 1. The molecule has 0 bridgehead atoms. The molecule has 6 nitrogen and oxygen atoms in total. The Bertz CT molecular complexity index is 748. The van der Waals surface area contributed by atoms with E-state index in [0.29, 0.717) is 26.2 Å². The minimum absolute atomic E-state index is 0.0998. The Balaban J connectivity index is 1.89. The Labute approximate surface area is 168 Å². The van der Waals surface area contributed by atoms with Gasteiger partial charge in [0.2, 0.25) is 10.0 Å². The first-order valence-corrected chi connectivity index (χ1v) is 11.8. The highest BCUT2D eigenvalue weighted by molar-refractivity contribution is 7.88. The van der Waals surface area contributed by atoms with Crippen molar-refractivity contribution in [2.24, 2.45) is 4.99 Å². The highest BCUT2D eigenvalue weighted by Gasteiger charge is 2.44. The Hall–Kier alpha value is -1.31. The molecular weight excluding hydrogens is 384 g/mol. The van der Waals surface area contributed by atoms with Crippen LogP contribution < -0.4 is 10.6 Å². The van der Waals surface area contributed by atoms with Crippen LogP contribution in [0.2, 0.25) is 5.02 Å². The number of sulfonamides is 1. The van der Waals surface area contributed by atoms with Gasteiger partial charge in [0.15, 0.2) is 5.96 Å². The fourth-order valence-corrected chi connectivity index (χ4v) is 4.22. The third kappa shape index (κ3) is 6.66. The topological polar surface area (TPSA) is 73.8 Å². The van der Waals surface area contributed by atoms with Gasteiger partial charge in [-0.2, -0.15) is 0 Å². The highest BCUT2D eigenvalue weighted by Crippen LogP contribution is 2.48. The molecule has 1 fully saturated rings. The zero-order valence-corrected chi connectivity index (χ0v) is 18.0. The number of guanidine groups is 1. The summed E-state index contributed by atoms with van der Waals surface area (Å²) in [7, 11) is -3.13. The smallest absolute Gasteiger partial charge is 0.211 e. The third-order valence-electron chi connectivity index (χ3n) is 4.87. The molecule has 2 N–H and O–H groups in total. The summed E-state index contributed by atoms with van der Waals surface area (Å²) < 4.78 is 24.7. The van der Waals surface area contributed by atoms with Crippen LogP contribution in [-0.4, -0.2) is 57.7 Å². The third-order valence-corrected chi connectivity index (χ3v) is 6.49. The Kier molecular flexibility index (Phi) is 7.94. The minimum atomic E-state index is -3.13. The lowest BCUT2D eigenvalue weighted by atomic mass is 9.96. The maximum atomic E-state index is 11.6. The maximum Gasteiger partial charge on any atom is 0.211 e. The van der Waals surface area contributed by atoms with Gasteiger partial charge in [0, 0.05) is 36.6 Å². The molecule has 1 aliphatic carbocycles. The number of nitrogens with zero attached hydrogens (tertiary/aromatic N) is 2. The molecule has 0 spiro atoms. The summed E-state index contributed by atoms with van der Waals surface area (Å²) in [5, 5.41) is 7.33. The van der Waals surface area contributed by atoms with Gasteiger partial charge >= 0.3 is 0 Å². The minimum Gasteiger partial charge on any atom is -0.357 e. The second kappa shape index (κ2) is 9.75. The number of hydrogen-bond acceptors (Lipinski definition) is 3. The van der Waals surface area contributed by atoms with Crippen LogP contribution in [0, 0.1) is 0 Å². The molecule has 1 aromatic rings. The molecule has 8 heteroatoms. The van der Waals surface area contributed by atoms with Crippen LogP contribution in [0.5, 0.6) is 0 Å². The Morgan fingerprint density at radius 2 is 2.04 bits per heavy atom. The van der Waals surface area contributed by atoms with Crippen LogP contribution >= 0.6 is 11.6 Å². The van der Waals surface area contributed by atoms with Gasteiger partial charge in [0.25, 0.3) is 0 Å². The second-order valence-corrected chi connectivity index (χ2v) is 9.44. The van der Waals surface area contributed by atoms with Crippen molar-refractivity contribution < 1.29 is 8.42 Å². The van der Waals surface area contributed by atoms with Crippen molar-refractivity contribution in [3.63, 3.8) is 0 Å². The molecule has 0 saturated heterocycles. The van der Waals surface area contributed by atoms with E-state index in [-0.39, 0.29) is 5.41 Å². The van der Waals surface area contributed by atoms with E-state index in [2.05, 4.69) is 16.7 Å². The number of rotatable bonds is 10. The van der Waals surface area contributed by atoms with Gasteiger partial charge in [0.05, 0.1) is 12.8 Å². The summed E-state index contributed by atoms with van der Waals surface area (Å²) in [5.74, 6) is 0.771. The monoisotopic (exact) mass is 414 g/mol. The first-order valence-electron chi connectivity index (χ1n) is 9.54. The van der Waals surface area contributed by atoms with E-state index in [1.807, 2.05) is 32.0 Å². The van der Waals surface area contributed by atoms with Crippen LogP contribution in [0.1, 0.15) is 38.7 Å². The van der Waals surface area contributed by atoms with Crippen molar-refractivity contribution in [2.45, 2.75) is 38.5 Å². The van der Waals surface area contributed by atoms with Crippen LogP contribution in [0.4, 0.5) is 0 Å². The van der Waals surface area contributed by atoms with E-state index in [1.54, 1.807) is 0 Å². The van der Waals surface area contributed by atoms with Gasteiger partial charge in [-0.1, -0.05) is 30.7 Å². The average molecular weight is 415 g/mol. The molecule has 0 aromatic heterocycles. The van der Waals surface area contributed by atoms with Crippen molar-refractivity contribution in [2.75, 3.05) is 39.0 Å². The molecule has 1 aromatic carbocycles. The number of aliphatic imine (C=N–C) groups is 1. The fraction of sp³-hybridized carbons (Fsp3) is 0.632. The molecule has 1 aliphatic rings. The van der Waals surface area contributed by atoms with E-state index < -0.39 is 10.0 Å². The Morgan fingerprint density at radius 1 is 1.30 bits per heavy atom. The molecule has 1 saturated carbocycles. The largest absolute Gasteiger partial charge is 0.357 e.